The molecule has 2 N–H and O–H groups in total. The highest BCUT2D eigenvalue weighted by atomic mass is 127. The van der Waals surface area contributed by atoms with Gasteiger partial charge in [0.1, 0.15) is 0 Å². The molecular formula is C25H33IN4OS. The Morgan fingerprint density at radius 1 is 1.03 bits per heavy atom. The summed E-state index contributed by atoms with van der Waals surface area (Å²) in [5, 5.41) is 6.90. The summed E-state index contributed by atoms with van der Waals surface area (Å²) in [4.78, 5) is 20.5. The van der Waals surface area contributed by atoms with E-state index >= 15 is 0 Å². The van der Waals surface area contributed by atoms with E-state index in [2.05, 4.69) is 52.0 Å². The Labute approximate surface area is 212 Å². The third-order valence-electron chi connectivity index (χ3n) is 5.96. The van der Waals surface area contributed by atoms with Crippen molar-refractivity contribution in [2.75, 3.05) is 26.7 Å². The van der Waals surface area contributed by atoms with Crippen LogP contribution < -0.4 is 10.6 Å². The van der Waals surface area contributed by atoms with Crippen molar-refractivity contribution in [2.24, 2.45) is 4.99 Å². The number of guanidine groups is 1. The summed E-state index contributed by atoms with van der Waals surface area (Å²) in [6, 6.07) is 18.6. The molecule has 0 radical (unpaired) electrons. The number of aliphatic imine (C=N–C) groups is 1. The molecule has 1 heterocycles. The first-order valence-corrected chi connectivity index (χ1v) is 12.1. The van der Waals surface area contributed by atoms with Crippen LogP contribution in [0.25, 0.3) is 0 Å². The predicted octanol–water partition coefficient (Wildman–Crippen LogP) is 4.92. The molecule has 32 heavy (non-hydrogen) atoms. The molecule has 0 unspecified atom stereocenters. The molecule has 2 fully saturated rings. The van der Waals surface area contributed by atoms with Crippen LogP contribution in [0.1, 0.15) is 48.0 Å². The van der Waals surface area contributed by atoms with Crippen LogP contribution in [-0.4, -0.2) is 48.2 Å². The molecule has 2 aliphatic rings. The molecule has 172 valence electrons. The third-order valence-corrected chi connectivity index (χ3v) is 7.46. The van der Waals surface area contributed by atoms with Gasteiger partial charge >= 0.3 is 0 Å². The molecule has 5 nitrogen and oxygen atoms in total. The van der Waals surface area contributed by atoms with Gasteiger partial charge in [-0.3, -0.25) is 9.79 Å². The van der Waals surface area contributed by atoms with E-state index < -0.39 is 0 Å². The topological polar surface area (TPSA) is 56.7 Å². The number of carbonyl (C=O) groups excluding carboxylic acids is 1. The molecule has 1 saturated carbocycles. The molecule has 1 saturated heterocycles. The number of halogens is 1. The van der Waals surface area contributed by atoms with Gasteiger partial charge in [0.25, 0.3) is 5.91 Å². The molecule has 1 amide bonds. The first-order chi connectivity index (χ1) is 15.2. The minimum absolute atomic E-state index is 0. The smallest absolute Gasteiger partial charge is 0.253 e. The van der Waals surface area contributed by atoms with Gasteiger partial charge in [0.15, 0.2) is 5.96 Å². The van der Waals surface area contributed by atoms with Crippen LogP contribution >= 0.6 is 35.7 Å². The van der Waals surface area contributed by atoms with Crippen molar-refractivity contribution in [1.29, 1.82) is 0 Å². The maximum absolute atomic E-state index is 12.8. The van der Waals surface area contributed by atoms with Gasteiger partial charge in [-0.05, 0) is 61.9 Å². The SMILES string of the molecule is CN=C(NCc1cccc(C(=O)N2CCCCC2)c1)NCC1(Sc2ccccc2)CC1.I. The number of thioether (sulfide) groups is 1. The van der Waals surface area contributed by atoms with Gasteiger partial charge in [-0.25, -0.2) is 0 Å². The number of likely N-dealkylation sites (tertiary alicyclic amines) is 1. The van der Waals surface area contributed by atoms with E-state index in [1.165, 1.54) is 24.2 Å². The maximum Gasteiger partial charge on any atom is 0.253 e. The van der Waals surface area contributed by atoms with Crippen LogP contribution in [-0.2, 0) is 6.54 Å². The standard InChI is InChI=1S/C25H32N4OS.HI/c1-26-24(28-19-25(13-14-25)31-22-11-4-2-5-12-22)27-18-20-9-8-10-21(17-20)23(30)29-15-6-3-7-16-29;/h2,4-5,8-12,17H,3,6-7,13-16,18-19H2,1H3,(H2,26,27,28);1H. The quantitative estimate of drug-likeness (QED) is 0.285. The summed E-state index contributed by atoms with van der Waals surface area (Å²) < 4.78 is 0.264. The minimum Gasteiger partial charge on any atom is -0.355 e. The Hall–Kier alpha value is -1.74. The number of amides is 1. The number of benzene rings is 2. The zero-order valence-corrected chi connectivity index (χ0v) is 21.8. The predicted molar refractivity (Wildman–Crippen MR) is 144 cm³/mol. The van der Waals surface area contributed by atoms with Gasteiger partial charge < -0.3 is 15.5 Å². The fourth-order valence-corrected chi connectivity index (χ4v) is 5.18. The lowest BCUT2D eigenvalue weighted by Crippen LogP contribution is -2.40. The maximum atomic E-state index is 12.8. The Bertz CT molecular complexity index is 911. The average molecular weight is 565 g/mol. The fraction of sp³-hybridized carbons (Fsp3) is 0.440. The van der Waals surface area contributed by atoms with Crippen molar-refractivity contribution in [3.63, 3.8) is 0 Å². The van der Waals surface area contributed by atoms with E-state index in [1.807, 2.05) is 34.9 Å². The summed E-state index contributed by atoms with van der Waals surface area (Å²) in [7, 11) is 1.80. The van der Waals surface area contributed by atoms with Crippen molar-refractivity contribution in [3.05, 3.63) is 65.7 Å². The van der Waals surface area contributed by atoms with Crippen LogP contribution in [0.3, 0.4) is 0 Å². The highest BCUT2D eigenvalue weighted by molar-refractivity contribution is 14.0. The van der Waals surface area contributed by atoms with Gasteiger partial charge in [-0.15, -0.1) is 35.7 Å². The van der Waals surface area contributed by atoms with E-state index in [-0.39, 0.29) is 34.6 Å². The first-order valence-electron chi connectivity index (χ1n) is 11.2. The zero-order valence-electron chi connectivity index (χ0n) is 18.7. The lowest BCUT2D eigenvalue weighted by molar-refractivity contribution is 0.0724. The third kappa shape index (κ3) is 6.88. The Morgan fingerprint density at radius 2 is 1.78 bits per heavy atom. The van der Waals surface area contributed by atoms with Gasteiger partial charge in [0, 0.05) is 48.4 Å². The second kappa shape index (κ2) is 11.9. The summed E-state index contributed by atoms with van der Waals surface area (Å²) in [6.45, 7) is 3.28. The number of nitrogens with one attached hydrogen (secondary N) is 2. The van der Waals surface area contributed by atoms with Crippen LogP contribution in [0.15, 0.2) is 64.5 Å². The normalized spacial score (nSPS) is 17.3. The largest absolute Gasteiger partial charge is 0.355 e. The molecule has 0 aromatic heterocycles. The second-order valence-corrected chi connectivity index (χ2v) is 9.97. The van der Waals surface area contributed by atoms with Crippen LogP contribution in [0.4, 0.5) is 0 Å². The van der Waals surface area contributed by atoms with Gasteiger partial charge in [-0.1, -0.05) is 30.3 Å². The molecule has 1 aliphatic heterocycles. The van der Waals surface area contributed by atoms with Crippen molar-refractivity contribution >= 4 is 47.6 Å². The van der Waals surface area contributed by atoms with Crippen molar-refractivity contribution in [2.45, 2.75) is 48.3 Å². The Morgan fingerprint density at radius 3 is 2.47 bits per heavy atom. The molecule has 0 spiro atoms. The lowest BCUT2D eigenvalue weighted by Gasteiger charge is -2.26. The summed E-state index contributed by atoms with van der Waals surface area (Å²) in [5.41, 5.74) is 1.87. The van der Waals surface area contributed by atoms with Crippen LogP contribution in [0.2, 0.25) is 0 Å². The van der Waals surface area contributed by atoms with E-state index in [4.69, 9.17) is 0 Å². The molecule has 2 aromatic carbocycles. The molecule has 7 heteroatoms. The number of hydrogen-bond donors (Lipinski definition) is 2. The number of piperidine rings is 1. The monoisotopic (exact) mass is 564 g/mol. The van der Waals surface area contributed by atoms with Crippen molar-refractivity contribution in [3.8, 4) is 0 Å². The number of carbonyl (C=O) groups is 1. The second-order valence-electron chi connectivity index (χ2n) is 8.43. The number of nitrogens with zero attached hydrogens (tertiary/aromatic N) is 2. The Kier molecular flexibility index (Phi) is 9.28. The number of hydrogen-bond acceptors (Lipinski definition) is 3. The van der Waals surface area contributed by atoms with E-state index in [0.29, 0.717) is 6.54 Å². The molecule has 0 bridgehead atoms. The summed E-state index contributed by atoms with van der Waals surface area (Å²) in [5.74, 6) is 0.949. The van der Waals surface area contributed by atoms with Crippen molar-refractivity contribution in [1.82, 2.24) is 15.5 Å². The van der Waals surface area contributed by atoms with Gasteiger partial charge in [0.2, 0.25) is 0 Å². The zero-order chi connectivity index (χ0) is 21.5. The fourth-order valence-electron chi connectivity index (χ4n) is 3.94. The molecule has 1 aliphatic carbocycles. The number of rotatable bonds is 7. The van der Waals surface area contributed by atoms with E-state index in [9.17, 15) is 4.79 Å². The van der Waals surface area contributed by atoms with Crippen LogP contribution in [0.5, 0.6) is 0 Å². The van der Waals surface area contributed by atoms with Crippen LogP contribution in [0, 0.1) is 0 Å². The highest BCUT2D eigenvalue weighted by Crippen LogP contribution is 2.51. The van der Waals surface area contributed by atoms with E-state index in [0.717, 1.165) is 49.6 Å². The minimum atomic E-state index is 0. The van der Waals surface area contributed by atoms with Crippen molar-refractivity contribution < 1.29 is 4.79 Å². The van der Waals surface area contributed by atoms with Gasteiger partial charge in [0.05, 0.1) is 0 Å². The summed E-state index contributed by atoms with van der Waals surface area (Å²) in [6.07, 6.45) is 5.89. The molecule has 0 atom stereocenters. The average Bonchev–Trinajstić information content (AvgIpc) is 3.59. The summed E-state index contributed by atoms with van der Waals surface area (Å²) >= 11 is 1.96. The highest BCUT2D eigenvalue weighted by Gasteiger charge is 2.43. The van der Waals surface area contributed by atoms with E-state index in [1.54, 1.807) is 7.05 Å². The molecule has 2 aromatic rings. The lowest BCUT2D eigenvalue weighted by atomic mass is 10.1. The first kappa shape index (κ1) is 24.9. The molecular weight excluding hydrogens is 531 g/mol. The Balaban J connectivity index is 0.00000289. The molecule has 4 rings (SSSR count). The van der Waals surface area contributed by atoms with Gasteiger partial charge in [-0.2, -0.15) is 0 Å².